The van der Waals surface area contributed by atoms with Crippen LogP contribution in [0.25, 0.3) is 0 Å². The first-order valence-corrected chi connectivity index (χ1v) is 6.34. The number of nitrogens with one attached hydrogen (secondary N) is 2. The maximum atomic E-state index is 12.3. The maximum Gasteiger partial charge on any atom is 0.328 e. The number of amides is 1. The molecule has 2 unspecified atom stereocenters. The molecule has 1 saturated heterocycles. The van der Waals surface area contributed by atoms with Crippen molar-refractivity contribution >= 4 is 11.9 Å². The van der Waals surface area contributed by atoms with E-state index in [2.05, 4.69) is 10.6 Å². The molecule has 0 aromatic heterocycles. The summed E-state index contributed by atoms with van der Waals surface area (Å²) >= 11 is 0. The molecule has 0 radical (unpaired) electrons. The minimum atomic E-state index is -1.30. The van der Waals surface area contributed by atoms with Gasteiger partial charge in [0, 0.05) is 7.11 Å². The number of carbonyl (C=O) groups is 2. The second kappa shape index (κ2) is 6.83. The van der Waals surface area contributed by atoms with Gasteiger partial charge in [0.2, 0.25) is 5.91 Å². The van der Waals surface area contributed by atoms with Gasteiger partial charge in [-0.3, -0.25) is 4.79 Å². The summed E-state index contributed by atoms with van der Waals surface area (Å²) in [6.45, 7) is 2.95. The van der Waals surface area contributed by atoms with Crippen LogP contribution >= 0.6 is 0 Å². The lowest BCUT2D eigenvalue weighted by molar-refractivity contribution is -0.148. The van der Waals surface area contributed by atoms with Crippen LogP contribution in [0.3, 0.4) is 0 Å². The second-order valence-electron chi connectivity index (χ2n) is 4.99. The van der Waals surface area contributed by atoms with Crippen molar-refractivity contribution in [2.24, 2.45) is 5.41 Å². The highest BCUT2D eigenvalue weighted by atomic mass is 16.5. The number of aliphatic hydroxyl groups excluding tert-OH is 1. The van der Waals surface area contributed by atoms with Crippen LogP contribution in [0.4, 0.5) is 0 Å². The van der Waals surface area contributed by atoms with Gasteiger partial charge in [-0.25, -0.2) is 4.79 Å². The average molecular weight is 274 g/mol. The zero-order valence-corrected chi connectivity index (χ0v) is 11.3. The van der Waals surface area contributed by atoms with Crippen LogP contribution in [0.15, 0.2) is 0 Å². The molecule has 1 aliphatic rings. The number of carboxylic acids is 1. The summed E-state index contributed by atoms with van der Waals surface area (Å²) in [4.78, 5) is 23.3. The molecule has 1 rings (SSSR count). The number of aliphatic carboxylic acids is 1. The number of hydrogen-bond acceptors (Lipinski definition) is 5. The van der Waals surface area contributed by atoms with Gasteiger partial charge in [0.05, 0.1) is 18.1 Å². The van der Waals surface area contributed by atoms with E-state index < -0.39 is 23.5 Å². The number of carboxylic acid groups (broad SMARTS) is 1. The Morgan fingerprint density at radius 3 is 2.42 bits per heavy atom. The third kappa shape index (κ3) is 3.89. The molecule has 0 bridgehead atoms. The molecule has 0 spiro atoms. The number of rotatable bonds is 6. The Morgan fingerprint density at radius 1 is 1.42 bits per heavy atom. The minimum Gasteiger partial charge on any atom is -0.480 e. The Hall–Kier alpha value is -1.18. The molecule has 4 N–H and O–H groups in total. The molecule has 110 valence electrons. The van der Waals surface area contributed by atoms with Crippen molar-refractivity contribution in [2.75, 3.05) is 26.8 Å². The molecular formula is C12H22N2O5. The quantitative estimate of drug-likeness (QED) is 0.492. The Kier molecular flexibility index (Phi) is 5.71. The summed E-state index contributed by atoms with van der Waals surface area (Å²) in [6.07, 6.45) is 0.0141. The smallest absolute Gasteiger partial charge is 0.328 e. The van der Waals surface area contributed by atoms with Gasteiger partial charge >= 0.3 is 5.97 Å². The largest absolute Gasteiger partial charge is 0.480 e. The lowest BCUT2D eigenvalue weighted by atomic mass is 9.78. The van der Waals surface area contributed by atoms with Gasteiger partial charge < -0.3 is 25.6 Å². The fourth-order valence-corrected chi connectivity index (χ4v) is 2.30. The standard InChI is InChI=1S/C12H22N2O5/c1-8(15)9(10(16)17)14-11(18)12(7-19-2)3-5-13-6-4-12/h8-9,13,15H,3-7H2,1-2H3,(H,14,18)(H,16,17). The molecule has 0 saturated carbocycles. The molecule has 0 aromatic carbocycles. The van der Waals surface area contributed by atoms with Crippen LogP contribution < -0.4 is 10.6 Å². The third-order valence-corrected chi connectivity index (χ3v) is 3.50. The fraction of sp³-hybridized carbons (Fsp3) is 0.833. The molecule has 7 heteroatoms. The summed E-state index contributed by atoms with van der Waals surface area (Å²) in [5.74, 6) is -1.62. The van der Waals surface area contributed by atoms with Crippen molar-refractivity contribution in [1.82, 2.24) is 10.6 Å². The third-order valence-electron chi connectivity index (χ3n) is 3.50. The van der Waals surface area contributed by atoms with E-state index in [1.165, 1.54) is 14.0 Å². The van der Waals surface area contributed by atoms with Gasteiger partial charge in [0.1, 0.15) is 0 Å². The first-order valence-electron chi connectivity index (χ1n) is 6.34. The molecule has 1 heterocycles. The summed E-state index contributed by atoms with van der Waals surface area (Å²) in [5.41, 5.74) is -0.720. The predicted molar refractivity (Wildman–Crippen MR) is 67.7 cm³/mol. The predicted octanol–water partition coefficient (Wildman–Crippen LogP) is -1.05. The topological polar surface area (TPSA) is 108 Å². The summed E-state index contributed by atoms with van der Waals surface area (Å²) in [7, 11) is 1.51. The molecule has 2 atom stereocenters. The van der Waals surface area contributed by atoms with Gasteiger partial charge in [-0.05, 0) is 32.9 Å². The van der Waals surface area contributed by atoms with E-state index in [4.69, 9.17) is 9.84 Å². The molecule has 1 aliphatic heterocycles. The molecule has 0 aromatic rings. The van der Waals surface area contributed by atoms with E-state index in [0.717, 1.165) is 0 Å². The molecule has 0 aliphatic carbocycles. The van der Waals surface area contributed by atoms with Gasteiger partial charge in [-0.15, -0.1) is 0 Å². The van der Waals surface area contributed by atoms with Crippen molar-refractivity contribution in [3.63, 3.8) is 0 Å². The van der Waals surface area contributed by atoms with E-state index in [1.54, 1.807) is 0 Å². The molecule has 19 heavy (non-hydrogen) atoms. The number of hydrogen-bond donors (Lipinski definition) is 4. The minimum absolute atomic E-state index is 0.243. The Morgan fingerprint density at radius 2 is 2.00 bits per heavy atom. The first kappa shape index (κ1) is 15.9. The number of aliphatic hydroxyl groups is 1. The van der Waals surface area contributed by atoms with Crippen LogP contribution in [0.5, 0.6) is 0 Å². The maximum absolute atomic E-state index is 12.3. The Balaban J connectivity index is 2.79. The monoisotopic (exact) mass is 274 g/mol. The molecular weight excluding hydrogens is 252 g/mol. The first-order chi connectivity index (χ1) is 8.93. The van der Waals surface area contributed by atoms with Gasteiger partial charge in [0.15, 0.2) is 6.04 Å². The van der Waals surface area contributed by atoms with Crippen molar-refractivity contribution < 1.29 is 24.5 Å². The highest BCUT2D eigenvalue weighted by molar-refractivity contribution is 5.88. The number of methoxy groups -OCH3 is 1. The van der Waals surface area contributed by atoms with E-state index >= 15 is 0 Å². The van der Waals surface area contributed by atoms with E-state index in [1.807, 2.05) is 0 Å². The highest BCUT2D eigenvalue weighted by Gasteiger charge is 2.41. The van der Waals surface area contributed by atoms with Crippen LogP contribution in [0.1, 0.15) is 19.8 Å². The van der Waals surface area contributed by atoms with Gasteiger partial charge in [0.25, 0.3) is 0 Å². The van der Waals surface area contributed by atoms with E-state index in [9.17, 15) is 14.7 Å². The van der Waals surface area contributed by atoms with E-state index in [-0.39, 0.29) is 12.5 Å². The van der Waals surface area contributed by atoms with Crippen molar-refractivity contribution in [3.8, 4) is 0 Å². The Labute approximate surface area is 112 Å². The number of ether oxygens (including phenoxy) is 1. The van der Waals surface area contributed by atoms with Crippen LogP contribution in [-0.4, -0.2) is 61.0 Å². The normalized spacial score (nSPS) is 21.4. The van der Waals surface area contributed by atoms with Crippen molar-refractivity contribution in [1.29, 1.82) is 0 Å². The fourth-order valence-electron chi connectivity index (χ4n) is 2.30. The van der Waals surface area contributed by atoms with Crippen LogP contribution in [0, 0.1) is 5.41 Å². The lowest BCUT2D eigenvalue weighted by Crippen LogP contribution is -2.56. The number of piperidine rings is 1. The molecule has 7 nitrogen and oxygen atoms in total. The second-order valence-corrected chi connectivity index (χ2v) is 4.99. The summed E-state index contributed by atoms with van der Waals surface area (Å²) < 4.78 is 5.11. The zero-order valence-electron chi connectivity index (χ0n) is 11.3. The van der Waals surface area contributed by atoms with E-state index in [0.29, 0.717) is 25.9 Å². The van der Waals surface area contributed by atoms with Gasteiger partial charge in [-0.1, -0.05) is 0 Å². The van der Waals surface area contributed by atoms with Gasteiger partial charge in [-0.2, -0.15) is 0 Å². The van der Waals surface area contributed by atoms with Crippen molar-refractivity contribution in [3.05, 3.63) is 0 Å². The number of carbonyl (C=O) groups excluding carboxylic acids is 1. The van der Waals surface area contributed by atoms with Crippen LogP contribution in [-0.2, 0) is 14.3 Å². The van der Waals surface area contributed by atoms with Crippen molar-refractivity contribution in [2.45, 2.75) is 31.9 Å². The highest BCUT2D eigenvalue weighted by Crippen LogP contribution is 2.29. The lowest BCUT2D eigenvalue weighted by Gasteiger charge is -2.36. The molecule has 1 fully saturated rings. The Bertz CT molecular complexity index is 321. The molecule has 1 amide bonds. The SMILES string of the molecule is COCC1(C(=O)NC(C(=O)O)C(C)O)CCNCC1. The summed E-state index contributed by atoms with van der Waals surface area (Å²) in [5, 5.41) is 24.0. The zero-order chi connectivity index (χ0) is 14.5. The average Bonchev–Trinajstić information content (AvgIpc) is 2.36. The van der Waals surface area contributed by atoms with Crippen LogP contribution in [0.2, 0.25) is 0 Å². The summed E-state index contributed by atoms with van der Waals surface area (Å²) in [6, 6.07) is -1.30.